The van der Waals surface area contributed by atoms with Gasteiger partial charge in [-0.3, -0.25) is 0 Å². The van der Waals surface area contributed by atoms with Crippen molar-refractivity contribution in [2.45, 2.75) is 20.3 Å². The molecule has 0 aromatic heterocycles. The fourth-order valence-electron chi connectivity index (χ4n) is 0.835. The molecule has 0 aliphatic carbocycles. The van der Waals surface area contributed by atoms with E-state index in [4.69, 9.17) is 10.5 Å². The van der Waals surface area contributed by atoms with Crippen LogP contribution in [0.15, 0.2) is 36.1 Å². The molecule has 2 heteroatoms. The Labute approximate surface area is 79.0 Å². The minimum absolute atomic E-state index is 0.669. The van der Waals surface area contributed by atoms with Gasteiger partial charge in [0.1, 0.15) is 5.75 Å². The lowest BCUT2D eigenvalue weighted by atomic mass is 10.3. The molecule has 0 saturated heterocycles. The van der Waals surface area contributed by atoms with Gasteiger partial charge in [-0.15, -0.1) is 0 Å². The standard InChI is InChI=1S/C11H15NO/c1-3-9(2)8-13-11-7-5-4-6-10(11)12/h4-8H,3,12H2,1-2H3. The third-order valence-corrected chi connectivity index (χ3v) is 1.86. The summed E-state index contributed by atoms with van der Waals surface area (Å²) in [4.78, 5) is 0. The Morgan fingerprint density at radius 3 is 2.77 bits per heavy atom. The van der Waals surface area contributed by atoms with Crippen molar-refractivity contribution in [3.05, 3.63) is 36.1 Å². The summed E-state index contributed by atoms with van der Waals surface area (Å²) in [6, 6.07) is 7.47. The summed E-state index contributed by atoms with van der Waals surface area (Å²) in [7, 11) is 0. The van der Waals surface area contributed by atoms with Gasteiger partial charge in [0.05, 0.1) is 11.9 Å². The first-order valence-electron chi connectivity index (χ1n) is 4.41. The first kappa shape index (κ1) is 9.65. The number of rotatable bonds is 3. The summed E-state index contributed by atoms with van der Waals surface area (Å²) in [6.07, 6.45) is 2.73. The van der Waals surface area contributed by atoms with Gasteiger partial charge in [0.25, 0.3) is 0 Å². The number of para-hydroxylation sites is 2. The number of nitrogen functional groups attached to an aromatic ring is 1. The van der Waals surface area contributed by atoms with Crippen LogP contribution in [-0.2, 0) is 0 Å². The van der Waals surface area contributed by atoms with Gasteiger partial charge in [0, 0.05) is 0 Å². The quantitative estimate of drug-likeness (QED) is 0.569. The highest BCUT2D eigenvalue weighted by Gasteiger charge is 1.95. The van der Waals surface area contributed by atoms with Crippen LogP contribution in [0.4, 0.5) is 5.69 Å². The van der Waals surface area contributed by atoms with Gasteiger partial charge in [-0.2, -0.15) is 0 Å². The zero-order valence-corrected chi connectivity index (χ0v) is 8.08. The lowest BCUT2D eigenvalue weighted by Crippen LogP contribution is -1.91. The number of nitrogens with two attached hydrogens (primary N) is 1. The van der Waals surface area contributed by atoms with Gasteiger partial charge in [0.15, 0.2) is 0 Å². The molecule has 0 radical (unpaired) electrons. The minimum atomic E-state index is 0.669. The fourth-order valence-corrected chi connectivity index (χ4v) is 0.835. The van der Waals surface area contributed by atoms with E-state index in [-0.39, 0.29) is 0 Å². The minimum Gasteiger partial charge on any atom is -0.463 e. The van der Waals surface area contributed by atoms with Crippen LogP contribution in [0.3, 0.4) is 0 Å². The molecule has 0 spiro atoms. The van der Waals surface area contributed by atoms with Crippen molar-refractivity contribution in [3.8, 4) is 5.75 Å². The number of ether oxygens (including phenoxy) is 1. The summed E-state index contributed by atoms with van der Waals surface area (Å²) >= 11 is 0. The summed E-state index contributed by atoms with van der Waals surface area (Å²) < 4.78 is 5.40. The van der Waals surface area contributed by atoms with E-state index in [9.17, 15) is 0 Å². The Morgan fingerprint density at radius 1 is 1.46 bits per heavy atom. The third kappa shape index (κ3) is 2.82. The van der Waals surface area contributed by atoms with Gasteiger partial charge in [-0.05, 0) is 31.1 Å². The van der Waals surface area contributed by atoms with Crippen molar-refractivity contribution < 1.29 is 4.74 Å². The summed E-state index contributed by atoms with van der Waals surface area (Å²) in [5.41, 5.74) is 7.56. The second kappa shape index (κ2) is 4.55. The summed E-state index contributed by atoms with van der Waals surface area (Å²) in [5, 5.41) is 0. The molecule has 0 bridgehead atoms. The Balaban J connectivity index is 2.70. The SMILES string of the molecule is CCC(C)=COc1ccccc1N. The predicted octanol–water partition coefficient (Wildman–Crippen LogP) is 2.96. The molecule has 70 valence electrons. The van der Waals surface area contributed by atoms with Gasteiger partial charge < -0.3 is 10.5 Å². The van der Waals surface area contributed by atoms with Crippen molar-refractivity contribution in [2.24, 2.45) is 0 Å². The molecule has 1 rings (SSSR count). The molecule has 2 N–H and O–H groups in total. The fraction of sp³-hybridized carbons (Fsp3) is 0.273. The Bertz CT molecular complexity index is 305. The first-order valence-corrected chi connectivity index (χ1v) is 4.41. The van der Waals surface area contributed by atoms with E-state index in [0.29, 0.717) is 5.69 Å². The molecule has 0 heterocycles. The van der Waals surface area contributed by atoms with Crippen LogP contribution in [0.1, 0.15) is 20.3 Å². The number of hydrogen-bond acceptors (Lipinski definition) is 2. The number of benzene rings is 1. The smallest absolute Gasteiger partial charge is 0.149 e. The largest absolute Gasteiger partial charge is 0.463 e. The molecule has 13 heavy (non-hydrogen) atoms. The second-order valence-corrected chi connectivity index (χ2v) is 2.97. The van der Waals surface area contributed by atoms with E-state index in [0.717, 1.165) is 12.2 Å². The molecule has 1 aromatic rings. The number of anilines is 1. The van der Waals surface area contributed by atoms with Crippen LogP contribution < -0.4 is 10.5 Å². The molecule has 0 aliphatic heterocycles. The lowest BCUT2D eigenvalue weighted by molar-refractivity contribution is 0.476. The van der Waals surface area contributed by atoms with E-state index in [1.54, 1.807) is 6.26 Å². The molecule has 0 saturated carbocycles. The third-order valence-electron chi connectivity index (χ3n) is 1.86. The van der Waals surface area contributed by atoms with E-state index >= 15 is 0 Å². The average Bonchev–Trinajstić information content (AvgIpc) is 2.16. The topological polar surface area (TPSA) is 35.2 Å². The van der Waals surface area contributed by atoms with Crippen molar-refractivity contribution in [1.29, 1.82) is 0 Å². The second-order valence-electron chi connectivity index (χ2n) is 2.97. The van der Waals surface area contributed by atoms with Crippen LogP contribution in [-0.4, -0.2) is 0 Å². The number of hydrogen-bond donors (Lipinski definition) is 1. The molecule has 0 unspecified atom stereocenters. The lowest BCUT2D eigenvalue weighted by Gasteiger charge is -2.04. The van der Waals surface area contributed by atoms with Crippen molar-refractivity contribution in [2.75, 3.05) is 5.73 Å². The molecule has 0 amide bonds. The molecule has 0 aliphatic rings. The highest BCUT2D eigenvalue weighted by atomic mass is 16.5. The van der Waals surface area contributed by atoms with Crippen LogP contribution in [0.5, 0.6) is 5.75 Å². The van der Waals surface area contributed by atoms with E-state index < -0.39 is 0 Å². The van der Waals surface area contributed by atoms with E-state index in [1.165, 1.54) is 5.57 Å². The molecular formula is C11H15NO. The van der Waals surface area contributed by atoms with Crippen molar-refractivity contribution in [1.82, 2.24) is 0 Å². The molecule has 1 aromatic carbocycles. The highest BCUT2D eigenvalue weighted by Crippen LogP contribution is 2.20. The van der Waals surface area contributed by atoms with Crippen LogP contribution in [0.25, 0.3) is 0 Å². The maximum absolute atomic E-state index is 5.69. The van der Waals surface area contributed by atoms with Gasteiger partial charge in [-0.1, -0.05) is 19.1 Å². The van der Waals surface area contributed by atoms with Crippen molar-refractivity contribution >= 4 is 5.69 Å². The Hall–Kier alpha value is -1.44. The monoisotopic (exact) mass is 177 g/mol. The maximum atomic E-state index is 5.69. The van der Waals surface area contributed by atoms with E-state index in [1.807, 2.05) is 31.2 Å². The number of allylic oxidation sites excluding steroid dienone is 1. The van der Waals surface area contributed by atoms with Gasteiger partial charge >= 0.3 is 0 Å². The van der Waals surface area contributed by atoms with Gasteiger partial charge in [-0.25, -0.2) is 0 Å². The van der Waals surface area contributed by atoms with Crippen LogP contribution in [0, 0.1) is 0 Å². The Morgan fingerprint density at radius 2 is 2.15 bits per heavy atom. The molecular weight excluding hydrogens is 162 g/mol. The molecule has 0 atom stereocenters. The van der Waals surface area contributed by atoms with Gasteiger partial charge in [0.2, 0.25) is 0 Å². The summed E-state index contributed by atoms with van der Waals surface area (Å²) in [5.74, 6) is 0.718. The predicted molar refractivity (Wildman–Crippen MR) is 55.5 cm³/mol. The molecule has 2 nitrogen and oxygen atoms in total. The highest BCUT2D eigenvalue weighted by molar-refractivity contribution is 5.52. The van der Waals surface area contributed by atoms with Crippen LogP contribution >= 0.6 is 0 Å². The molecule has 0 fully saturated rings. The van der Waals surface area contributed by atoms with E-state index in [2.05, 4.69) is 6.92 Å². The summed E-state index contributed by atoms with van der Waals surface area (Å²) in [6.45, 7) is 4.11. The Kier molecular flexibility index (Phi) is 3.38. The maximum Gasteiger partial charge on any atom is 0.149 e. The zero-order chi connectivity index (χ0) is 9.68. The average molecular weight is 177 g/mol. The van der Waals surface area contributed by atoms with Crippen molar-refractivity contribution in [3.63, 3.8) is 0 Å². The van der Waals surface area contributed by atoms with Crippen LogP contribution in [0.2, 0.25) is 0 Å². The zero-order valence-electron chi connectivity index (χ0n) is 8.08. The normalized spacial score (nSPS) is 11.4. The first-order chi connectivity index (χ1) is 6.24.